The molecule has 2 aliphatic heterocycles. The molecule has 0 aromatic carbocycles. The SMILES string of the molecule is O[C@@H]1[C@H]2OC[C@H]1O[CH][C@@H]2O. The minimum atomic E-state index is -0.784. The summed E-state index contributed by atoms with van der Waals surface area (Å²) in [6, 6.07) is 0. The first-order chi connectivity index (χ1) is 4.79. The smallest absolute Gasteiger partial charge is 0.115 e. The van der Waals surface area contributed by atoms with Crippen molar-refractivity contribution in [1.29, 1.82) is 0 Å². The summed E-state index contributed by atoms with van der Waals surface area (Å²) in [6.07, 6.45) is -2.19. The lowest BCUT2D eigenvalue weighted by atomic mass is 10.0. The average Bonchev–Trinajstić information content (AvgIpc) is 2.13. The molecule has 0 saturated carbocycles. The Hall–Kier alpha value is -0.160. The summed E-state index contributed by atoms with van der Waals surface area (Å²) in [6.45, 7) is 1.69. The third-order valence-electron chi connectivity index (χ3n) is 1.90. The fourth-order valence-electron chi connectivity index (χ4n) is 1.29. The predicted molar refractivity (Wildman–Crippen MR) is 30.9 cm³/mol. The van der Waals surface area contributed by atoms with Gasteiger partial charge in [0.05, 0.1) is 6.61 Å². The zero-order valence-corrected chi connectivity index (χ0v) is 5.30. The molecule has 2 aliphatic rings. The number of ether oxygens (including phenoxy) is 2. The van der Waals surface area contributed by atoms with E-state index in [1.54, 1.807) is 0 Å². The van der Waals surface area contributed by atoms with Gasteiger partial charge in [0.1, 0.15) is 31.0 Å². The van der Waals surface area contributed by atoms with E-state index >= 15 is 0 Å². The number of hydrogen-bond acceptors (Lipinski definition) is 4. The van der Waals surface area contributed by atoms with Crippen LogP contribution >= 0.6 is 0 Å². The molecule has 4 nitrogen and oxygen atoms in total. The highest BCUT2D eigenvalue weighted by Gasteiger charge is 2.45. The Morgan fingerprint density at radius 1 is 1.40 bits per heavy atom. The van der Waals surface area contributed by atoms with Gasteiger partial charge < -0.3 is 19.7 Å². The second-order valence-electron chi connectivity index (χ2n) is 2.59. The molecule has 2 bridgehead atoms. The van der Waals surface area contributed by atoms with Gasteiger partial charge in [-0.2, -0.15) is 0 Å². The molecule has 2 N–H and O–H groups in total. The van der Waals surface area contributed by atoms with E-state index in [1.165, 1.54) is 6.61 Å². The van der Waals surface area contributed by atoms with E-state index in [0.717, 1.165) is 0 Å². The molecule has 10 heavy (non-hydrogen) atoms. The Morgan fingerprint density at radius 3 is 2.90 bits per heavy atom. The highest BCUT2D eigenvalue weighted by atomic mass is 16.6. The van der Waals surface area contributed by atoms with Gasteiger partial charge in [-0.15, -0.1) is 0 Å². The Balaban J connectivity index is 2.13. The molecule has 2 heterocycles. The van der Waals surface area contributed by atoms with E-state index in [1.807, 2.05) is 0 Å². The van der Waals surface area contributed by atoms with Crippen LogP contribution in [0.25, 0.3) is 0 Å². The van der Waals surface area contributed by atoms with Crippen LogP contribution in [0.15, 0.2) is 0 Å². The molecule has 4 atom stereocenters. The second-order valence-corrected chi connectivity index (χ2v) is 2.59. The largest absolute Gasteiger partial charge is 0.387 e. The minimum Gasteiger partial charge on any atom is -0.387 e. The highest BCUT2D eigenvalue weighted by molar-refractivity contribution is 4.97. The van der Waals surface area contributed by atoms with Gasteiger partial charge in [0.15, 0.2) is 0 Å². The van der Waals surface area contributed by atoms with Crippen LogP contribution in [0.4, 0.5) is 0 Å². The Kier molecular flexibility index (Phi) is 1.42. The fourth-order valence-corrected chi connectivity index (χ4v) is 1.29. The lowest BCUT2D eigenvalue weighted by molar-refractivity contribution is -0.0961. The minimum absolute atomic E-state index is 0.270. The molecule has 1 radical (unpaired) electrons. The fraction of sp³-hybridized carbons (Fsp3) is 0.833. The summed E-state index contributed by atoms with van der Waals surface area (Å²) in [5.41, 5.74) is 0. The number of rotatable bonds is 0. The standard InChI is InChI=1S/C6H9O4/c7-3-1-9-4-2-10-6(3)5(4)8/h1,3-8H,2H2/t3-,4+,5-,6-/m0/s1. The van der Waals surface area contributed by atoms with Crippen molar-refractivity contribution < 1.29 is 19.7 Å². The zero-order valence-electron chi connectivity index (χ0n) is 5.30. The molecule has 2 rings (SSSR count). The quantitative estimate of drug-likeness (QED) is 0.443. The Labute approximate surface area is 58.4 Å². The van der Waals surface area contributed by atoms with Gasteiger partial charge in [0.2, 0.25) is 0 Å². The maximum absolute atomic E-state index is 9.25. The number of fused-ring (bicyclic) bond motifs is 2. The van der Waals surface area contributed by atoms with E-state index in [-0.39, 0.29) is 6.10 Å². The van der Waals surface area contributed by atoms with Crippen molar-refractivity contribution in [3.8, 4) is 0 Å². The van der Waals surface area contributed by atoms with E-state index in [4.69, 9.17) is 14.6 Å². The lowest BCUT2D eigenvalue weighted by Gasteiger charge is -2.27. The molecule has 0 unspecified atom stereocenters. The zero-order chi connectivity index (χ0) is 7.14. The van der Waals surface area contributed by atoms with Crippen LogP contribution < -0.4 is 0 Å². The van der Waals surface area contributed by atoms with Crippen LogP contribution in [0.2, 0.25) is 0 Å². The molecule has 0 aliphatic carbocycles. The van der Waals surface area contributed by atoms with Crippen LogP contribution in [0.5, 0.6) is 0 Å². The topological polar surface area (TPSA) is 58.9 Å². The van der Waals surface area contributed by atoms with Crippen molar-refractivity contribution in [2.75, 3.05) is 6.61 Å². The number of aliphatic hydroxyl groups excluding tert-OH is 2. The van der Waals surface area contributed by atoms with Crippen LogP contribution in [-0.2, 0) is 9.47 Å². The van der Waals surface area contributed by atoms with Gasteiger partial charge in [0.25, 0.3) is 0 Å². The van der Waals surface area contributed by atoms with Crippen molar-refractivity contribution in [2.24, 2.45) is 0 Å². The van der Waals surface area contributed by atoms with E-state index in [2.05, 4.69) is 0 Å². The van der Waals surface area contributed by atoms with Crippen molar-refractivity contribution in [3.63, 3.8) is 0 Å². The summed E-state index contributed by atoms with van der Waals surface area (Å²) < 4.78 is 9.99. The molecule has 57 valence electrons. The van der Waals surface area contributed by atoms with Gasteiger partial charge in [-0.3, -0.25) is 0 Å². The summed E-state index contributed by atoms with van der Waals surface area (Å²) >= 11 is 0. The molecule has 0 aromatic heterocycles. The van der Waals surface area contributed by atoms with E-state index < -0.39 is 18.3 Å². The van der Waals surface area contributed by atoms with Crippen LogP contribution in [-0.4, -0.2) is 41.2 Å². The van der Waals surface area contributed by atoms with Crippen LogP contribution in [0.3, 0.4) is 0 Å². The molecular formula is C6H9O4. The van der Waals surface area contributed by atoms with Crippen molar-refractivity contribution in [3.05, 3.63) is 6.61 Å². The Morgan fingerprint density at radius 2 is 2.20 bits per heavy atom. The van der Waals surface area contributed by atoms with Crippen LogP contribution in [0.1, 0.15) is 0 Å². The first-order valence-electron chi connectivity index (χ1n) is 3.25. The first kappa shape index (κ1) is 6.54. The number of aliphatic hydroxyl groups is 2. The van der Waals surface area contributed by atoms with E-state index in [9.17, 15) is 5.11 Å². The third-order valence-corrected chi connectivity index (χ3v) is 1.90. The maximum Gasteiger partial charge on any atom is 0.115 e. The van der Waals surface area contributed by atoms with Gasteiger partial charge in [-0.05, 0) is 0 Å². The summed E-state index contributed by atoms with van der Waals surface area (Å²) in [5.74, 6) is 0. The molecule has 0 spiro atoms. The second kappa shape index (κ2) is 2.17. The predicted octanol–water partition coefficient (Wildman–Crippen LogP) is -1.33. The number of hydrogen-bond donors (Lipinski definition) is 2. The van der Waals surface area contributed by atoms with Gasteiger partial charge in [-0.25, -0.2) is 0 Å². The van der Waals surface area contributed by atoms with Crippen molar-refractivity contribution >= 4 is 0 Å². The van der Waals surface area contributed by atoms with Crippen LogP contribution in [0, 0.1) is 6.61 Å². The molecule has 2 saturated heterocycles. The lowest BCUT2D eigenvalue weighted by Crippen LogP contribution is -2.45. The highest BCUT2D eigenvalue weighted by Crippen LogP contribution is 2.27. The maximum atomic E-state index is 9.25. The first-order valence-corrected chi connectivity index (χ1v) is 3.25. The molecular weight excluding hydrogens is 136 g/mol. The molecule has 4 heteroatoms. The van der Waals surface area contributed by atoms with Gasteiger partial charge in [-0.1, -0.05) is 0 Å². The molecule has 2 fully saturated rings. The Bertz CT molecular complexity index is 138. The van der Waals surface area contributed by atoms with Crippen molar-refractivity contribution in [2.45, 2.75) is 24.4 Å². The van der Waals surface area contributed by atoms with Crippen molar-refractivity contribution in [1.82, 2.24) is 0 Å². The molecule has 0 amide bonds. The van der Waals surface area contributed by atoms with Gasteiger partial charge >= 0.3 is 0 Å². The molecule has 0 aromatic rings. The summed E-state index contributed by atoms with van der Waals surface area (Å²) in [4.78, 5) is 0. The average molecular weight is 145 g/mol. The normalized spacial score (nSPS) is 53.4. The van der Waals surface area contributed by atoms with E-state index in [0.29, 0.717) is 6.61 Å². The monoisotopic (exact) mass is 145 g/mol. The van der Waals surface area contributed by atoms with Gasteiger partial charge in [0, 0.05) is 0 Å². The third kappa shape index (κ3) is 0.769. The summed E-state index contributed by atoms with van der Waals surface area (Å²) in [7, 11) is 0. The summed E-state index contributed by atoms with van der Waals surface area (Å²) in [5, 5.41) is 18.3.